The second kappa shape index (κ2) is 13.9. The Hall–Kier alpha value is -1.35. The van der Waals surface area contributed by atoms with Crippen LogP contribution in [0.2, 0.25) is 0 Å². The lowest BCUT2D eigenvalue weighted by molar-refractivity contribution is -0.135. The highest BCUT2D eigenvalue weighted by Crippen LogP contribution is 2.13. The fraction of sp³-hybridized carbons (Fsp3) is 0.652. The van der Waals surface area contributed by atoms with Crippen molar-refractivity contribution in [2.45, 2.75) is 59.2 Å². The summed E-state index contributed by atoms with van der Waals surface area (Å²) >= 11 is 0. The number of guanidine groups is 1. The number of aliphatic imine (C=N–C) groups is 1. The van der Waals surface area contributed by atoms with Gasteiger partial charge < -0.3 is 15.5 Å². The number of likely N-dealkylation sites (N-methyl/N-ethyl adjacent to an activating group) is 1. The predicted molar refractivity (Wildman–Crippen MR) is 136 cm³/mol. The number of halogens is 1. The maximum atomic E-state index is 12.2. The molecule has 0 saturated carbocycles. The molecule has 2 N–H and O–H groups in total. The van der Waals surface area contributed by atoms with Gasteiger partial charge in [-0.2, -0.15) is 0 Å². The van der Waals surface area contributed by atoms with Gasteiger partial charge in [0, 0.05) is 44.2 Å². The highest BCUT2D eigenvalue weighted by molar-refractivity contribution is 14.0. The Labute approximate surface area is 199 Å². The second-order valence-electron chi connectivity index (χ2n) is 8.37. The van der Waals surface area contributed by atoms with Crippen LogP contribution in [0.3, 0.4) is 0 Å². The first-order valence-electron chi connectivity index (χ1n) is 11.0. The molecule has 1 heterocycles. The van der Waals surface area contributed by atoms with Crippen molar-refractivity contribution in [3.8, 4) is 0 Å². The van der Waals surface area contributed by atoms with Crippen LogP contribution >= 0.6 is 24.0 Å². The average molecular weight is 530 g/mol. The molecular formula is C23H40IN5O. The summed E-state index contributed by atoms with van der Waals surface area (Å²) in [5, 5.41) is 6.94. The van der Waals surface area contributed by atoms with Gasteiger partial charge in [-0.25, -0.2) is 0 Å². The minimum Gasteiger partial charge on any atom is -0.357 e. The molecule has 0 spiro atoms. The van der Waals surface area contributed by atoms with E-state index in [1.807, 2.05) is 18.7 Å². The lowest BCUT2D eigenvalue weighted by Crippen LogP contribution is -2.50. The van der Waals surface area contributed by atoms with Crippen molar-refractivity contribution in [3.63, 3.8) is 0 Å². The summed E-state index contributed by atoms with van der Waals surface area (Å²) in [5.41, 5.74) is 1.32. The van der Waals surface area contributed by atoms with Gasteiger partial charge in [-0.3, -0.25) is 14.7 Å². The summed E-state index contributed by atoms with van der Waals surface area (Å²) in [7, 11) is 2.15. The molecule has 1 aromatic rings. The Kier molecular flexibility index (Phi) is 12.3. The van der Waals surface area contributed by atoms with Gasteiger partial charge in [0.1, 0.15) is 0 Å². The Balaban J connectivity index is 0.00000450. The van der Waals surface area contributed by atoms with E-state index in [9.17, 15) is 4.79 Å². The minimum absolute atomic E-state index is 0. The van der Waals surface area contributed by atoms with Gasteiger partial charge >= 0.3 is 0 Å². The van der Waals surface area contributed by atoms with Gasteiger partial charge in [0.15, 0.2) is 5.96 Å². The molecule has 1 aliphatic heterocycles. The molecule has 1 aromatic carbocycles. The van der Waals surface area contributed by atoms with Gasteiger partial charge in [-0.1, -0.05) is 44.2 Å². The van der Waals surface area contributed by atoms with Crippen LogP contribution in [0.1, 0.15) is 46.1 Å². The number of nitrogens with one attached hydrogen (secondary N) is 2. The van der Waals surface area contributed by atoms with Crippen molar-refractivity contribution in [2.24, 2.45) is 10.9 Å². The van der Waals surface area contributed by atoms with Crippen molar-refractivity contribution in [1.29, 1.82) is 0 Å². The highest BCUT2D eigenvalue weighted by Gasteiger charge is 2.24. The van der Waals surface area contributed by atoms with E-state index in [2.05, 4.69) is 66.8 Å². The maximum Gasteiger partial charge on any atom is 0.225 e. The van der Waals surface area contributed by atoms with Crippen LogP contribution < -0.4 is 10.6 Å². The summed E-state index contributed by atoms with van der Waals surface area (Å²) in [4.78, 5) is 21.3. The first kappa shape index (κ1) is 26.7. The number of piperidine rings is 1. The van der Waals surface area contributed by atoms with Crippen molar-refractivity contribution in [3.05, 3.63) is 35.9 Å². The molecule has 0 aliphatic carbocycles. The van der Waals surface area contributed by atoms with E-state index in [-0.39, 0.29) is 35.8 Å². The molecule has 6 nitrogen and oxygen atoms in total. The van der Waals surface area contributed by atoms with E-state index in [0.717, 1.165) is 51.5 Å². The van der Waals surface area contributed by atoms with Crippen LogP contribution in [-0.4, -0.2) is 67.0 Å². The number of rotatable bonds is 8. The molecule has 170 valence electrons. The predicted octanol–water partition coefficient (Wildman–Crippen LogP) is 3.33. The molecule has 7 heteroatoms. The van der Waals surface area contributed by atoms with Gasteiger partial charge in [0.25, 0.3) is 0 Å². The zero-order chi connectivity index (χ0) is 21.2. The first-order chi connectivity index (χ1) is 13.9. The largest absolute Gasteiger partial charge is 0.357 e. The summed E-state index contributed by atoms with van der Waals surface area (Å²) < 4.78 is 0. The van der Waals surface area contributed by atoms with Crippen molar-refractivity contribution in [2.75, 3.05) is 33.2 Å². The topological polar surface area (TPSA) is 60.0 Å². The molecule has 1 fully saturated rings. The standard InChI is InChI=1S/C23H39N5O.HI/c1-6-24-23(26-21-12-14-28(15-13-21)22(29)18(2)3)25-16-19(4)27(5)17-20-10-8-7-9-11-20;/h7-11,18-19,21H,6,12-17H2,1-5H3,(H2,24,25,26);1H. The van der Waals surface area contributed by atoms with Crippen LogP contribution in [0.5, 0.6) is 0 Å². The smallest absolute Gasteiger partial charge is 0.225 e. The minimum atomic E-state index is 0. The second-order valence-corrected chi connectivity index (χ2v) is 8.37. The summed E-state index contributed by atoms with van der Waals surface area (Å²) in [6.45, 7) is 12.4. The number of carbonyl (C=O) groups is 1. The number of likely N-dealkylation sites (tertiary alicyclic amines) is 1. The van der Waals surface area contributed by atoms with E-state index in [0.29, 0.717) is 12.1 Å². The number of hydrogen-bond donors (Lipinski definition) is 2. The van der Waals surface area contributed by atoms with Gasteiger partial charge in [0.05, 0.1) is 6.54 Å². The van der Waals surface area contributed by atoms with Crippen LogP contribution in [-0.2, 0) is 11.3 Å². The van der Waals surface area contributed by atoms with Gasteiger partial charge in [-0.15, -0.1) is 24.0 Å². The molecular weight excluding hydrogens is 489 g/mol. The van der Waals surface area contributed by atoms with E-state index in [1.165, 1.54) is 5.56 Å². The highest BCUT2D eigenvalue weighted by atomic mass is 127. The average Bonchev–Trinajstić information content (AvgIpc) is 2.72. The van der Waals surface area contributed by atoms with Crippen LogP contribution in [0.15, 0.2) is 35.3 Å². The van der Waals surface area contributed by atoms with Crippen LogP contribution in [0.4, 0.5) is 0 Å². The third-order valence-corrected chi connectivity index (χ3v) is 5.53. The molecule has 0 bridgehead atoms. The van der Waals surface area contributed by atoms with Crippen LogP contribution in [0, 0.1) is 5.92 Å². The fourth-order valence-electron chi connectivity index (χ4n) is 3.51. The van der Waals surface area contributed by atoms with Crippen LogP contribution in [0.25, 0.3) is 0 Å². The van der Waals surface area contributed by atoms with E-state index >= 15 is 0 Å². The Morgan fingerprint density at radius 3 is 2.40 bits per heavy atom. The van der Waals surface area contributed by atoms with E-state index in [4.69, 9.17) is 4.99 Å². The van der Waals surface area contributed by atoms with Gasteiger partial charge in [-0.05, 0) is 39.3 Å². The normalized spacial score (nSPS) is 16.4. The summed E-state index contributed by atoms with van der Waals surface area (Å²) in [6.07, 6.45) is 1.93. The fourth-order valence-corrected chi connectivity index (χ4v) is 3.51. The van der Waals surface area contributed by atoms with Gasteiger partial charge in [0.2, 0.25) is 5.91 Å². The lowest BCUT2D eigenvalue weighted by atomic mass is 10.0. The quantitative estimate of drug-likeness (QED) is 0.308. The molecule has 1 atom stereocenters. The van der Waals surface area contributed by atoms with Crippen molar-refractivity contribution in [1.82, 2.24) is 20.4 Å². The Morgan fingerprint density at radius 2 is 1.83 bits per heavy atom. The van der Waals surface area contributed by atoms with E-state index < -0.39 is 0 Å². The zero-order valence-corrected chi connectivity index (χ0v) is 21.6. The number of benzene rings is 1. The summed E-state index contributed by atoms with van der Waals surface area (Å²) in [5.74, 6) is 1.22. The summed E-state index contributed by atoms with van der Waals surface area (Å²) in [6, 6.07) is 11.2. The number of carbonyl (C=O) groups excluding carboxylic acids is 1. The molecule has 1 saturated heterocycles. The van der Waals surface area contributed by atoms with E-state index in [1.54, 1.807) is 0 Å². The molecule has 0 aromatic heterocycles. The molecule has 0 radical (unpaired) electrons. The van der Waals surface area contributed by atoms with Crippen molar-refractivity contribution >= 4 is 35.8 Å². The number of nitrogens with zero attached hydrogens (tertiary/aromatic N) is 3. The third-order valence-electron chi connectivity index (χ3n) is 5.53. The third kappa shape index (κ3) is 8.79. The Bertz CT molecular complexity index is 644. The van der Waals surface area contributed by atoms with Crippen molar-refractivity contribution < 1.29 is 4.79 Å². The maximum absolute atomic E-state index is 12.2. The molecule has 2 rings (SSSR count). The molecule has 1 amide bonds. The molecule has 1 aliphatic rings. The first-order valence-corrected chi connectivity index (χ1v) is 11.0. The molecule has 30 heavy (non-hydrogen) atoms. The number of hydrogen-bond acceptors (Lipinski definition) is 3. The Morgan fingerprint density at radius 1 is 1.20 bits per heavy atom. The monoisotopic (exact) mass is 529 g/mol. The SMILES string of the molecule is CCNC(=NCC(C)N(C)Cc1ccccc1)NC1CCN(C(=O)C(C)C)CC1.I. The number of amides is 1. The zero-order valence-electron chi connectivity index (χ0n) is 19.2. The molecule has 1 unspecified atom stereocenters. The lowest BCUT2D eigenvalue weighted by Gasteiger charge is -2.34.